The van der Waals surface area contributed by atoms with E-state index < -0.39 is 68.9 Å². The van der Waals surface area contributed by atoms with Gasteiger partial charge < -0.3 is 39.7 Å². The molecule has 0 bridgehead atoms. The lowest BCUT2D eigenvalue weighted by Gasteiger charge is -2.23. The summed E-state index contributed by atoms with van der Waals surface area (Å²) in [4.78, 5) is 39.1. The fourth-order valence-corrected chi connectivity index (χ4v) is 2.60. The first-order valence-corrected chi connectivity index (χ1v) is 9.64. The molecule has 28 heavy (non-hydrogen) atoms. The molecule has 0 atom stereocenters. The minimum Gasteiger partial charge on any atom is -0.456 e. The van der Waals surface area contributed by atoms with Gasteiger partial charge in [0.25, 0.3) is 5.24 Å². The fraction of sp³-hybridized carbons (Fsp3) is 0.812. The van der Waals surface area contributed by atoms with Crippen molar-refractivity contribution in [3.63, 3.8) is 0 Å². The molecule has 0 heterocycles. The highest BCUT2D eigenvalue weighted by Crippen LogP contribution is 2.12. The zero-order chi connectivity index (χ0) is 21.5. The lowest BCUT2D eigenvalue weighted by molar-refractivity contribution is -0.157. The summed E-state index contributed by atoms with van der Waals surface area (Å²) in [5.74, 6) is -1.36. The van der Waals surface area contributed by atoms with E-state index in [0.29, 0.717) is 12.2 Å². The fourth-order valence-electron chi connectivity index (χ4n) is 1.84. The molecule has 0 aromatic heterocycles. The first-order valence-electron chi connectivity index (χ1n) is 8.66. The lowest BCUT2D eigenvalue weighted by atomic mass is 10.4. The Balaban J connectivity index is 4.86. The molecule has 0 saturated carbocycles. The van der Waals surface area contributed by atoms with Crippen molar-refractivity contribution in [1.82, 2.24) is 9.80 Å². The zero-order valence-electron chi connectivity index (χ0n) is 16.2. The molecule has 0 aliphatic heterocycles. The smallest absolute Gasteiger partial charge is 0.326 e. The first-order chi connectivity index (χ1) is 13.3. The number of carbonyl (C=O) groups is 3. The SMILES string of the molecule is CN(C)CCCSC(=O)N(CC(=O)OC(CO)CO)CC(=O)OC(CO)CO. The maximum absolute atomic E-state index is 12.4. The van der Waals surface area contributed by atoms with Crippen molar-refractivity contribution < 1.29 is 44.3 Å². The van der Waals surface area contributed by atoms with Crippen LogP contribution >= 0.6 is 11.8 Å². The Bertz CT molecular complexity index is 443. The number of amides is 1. The number of aliphatic hydroxyl groups is 4. The number of rotatable bonds is 14. The van der Waals surface area contributed by atoms with E-state index in [1.807, 2.05) is 19.0 Å². The minimum atomic E-state index is -1.13. The molecule has 0 aliphatic carbocycles. The van der Waals surface area contributed by atoms with Gasteiger partial charge in [-0.3, -0.25) is 14.4 Å². The molecule has 0 rings (SSSR count). The number of ether oxygens (including phenoxy) is 2. The molecule has 0 unspecified atom stereocenters. The molecule has 0 aromatic rings. The van der Waals surface area contributed by atoms with Gasteiger partial charge in [-0.05, 0) is 27.1 Å². The number of thioether (sulfide) groups is 1. The number of carbonyl (C=O) groups excluding carboxylic acids is 3. The van der Waals surface area contributed by atoms with E-state index in [1.165, 1.54) is 0 Å². The van der Waals surface area contributed by atoms with Gasteiger partial charge in [0.1, 0.15) is 25.3 Å². The summed E-state index contributed by atoms with van der Waals surface area (Å²) in [5, 5.41) is 35.3. The molecule has 12 heteroatoms. The van der Waals surface area contributed by atoms with E-state index in [9.17, 15) is 14.4 Å². The predicted octanol–water partition coefficient (Wildman–Crippen LogP) is -2.11. The largest absolute Gasteiger partial charge is 0.456 e. The van der Waals surface area contributed by atoms with Crippen molar-refractivity contribution in [2.24, 2.45) is 0 Å². The van der Waals surface area contributed by atoms with Crippen LogP contribution in [0, 0.1) is 0 Å². The normalized spacial score (nSPS) is 11.2. The summed E-state index contributed by atoms with van der Waals surface area (Å²) in [7, 11) is 3.78. The Morgan fingerprint density at radius 1 is 0.857 bits per heavy atom. The number of esters is 2. The first kappa shape index (κ1) is 26.6. The number of hydrogen-bond acceptors (Lipinski definition) is 11. The van der Waals surface area contributed by atoms with Crippen LogP contribution in [-0.4, -0.2) is 126 Å². The van der Waals surface area contributed by atoms with Crippen molar-refractivity contribution in [1.29, 1.82) is 0 Å². The summed E-state index contributed by atoms with van der Waals surface area (Å²) in [6, 6.07) is 0. The maximum atomic E-state index is 12.4. The van der Waals surface area contributed by atoms with Crippen LogP contribution in [0.25, 0.3) is 0 Å². The molecular weight excluding hydrogens is 396 g/mol. The van der Waals surface area contributed by atoms with E-state index in [4.69, 9.17) is 29.9 Å². The number of hydrogen-bond donors (Lipinski definition) is 4. The minimum absolute atomic E-state index is 0.462. The molecule has 0 saturated heterocycles. The van der Waals surface area contributed by atoms with Gasteiger partial charge in [-0.15, -0.1) is 0 Å². The summed E-state index contributed by atoms with van der Waals surface area (Å²) >= 11 is 0.919. The topological polar surface area (TPSA) is 157 Å². The van der Waals surface area contributed by atoms with Crippen LogP contribution < -0.4 is 0 Å². The Morgan fingerprint density at radius 3 is 1.64 bits per heavy atom. The summed E-state index contributed by atoms with van der Waals surface area (Å²) < 4.78 is 9.62. The van der Waals surface area contributed by atoms with E-state index >= 15 is 0 Å². The van der Waals surface area contributed by atoms with E-state index in [0.717, 1.165) is 23.2 Å². The second-order valence-electron chi connectivity index (χ2n) is 6.08. The molecule has 0 fully saturated rings. The molecule has 11 nitrogen and oxygen atoms in total. The van der Waals surface area contributed by atoms with Gasteiger partial charge in [0.2, 0.25) is 0 Å². The van der Waals surface area contributed by atoms with Crippen LogP contribution in [0.4, 0.5) is 4.79 Å². The van der Waals surface area contributed by atoms with Crippen molar-refractivity contribution in [2.75, 3.05) is 65.9 Å². The Labute approximate surface area is 168 Å². The second-order valence-corrected chi connectivity index (χ2v) is 7.13. The third-order valence-electron chi connectivity index (χ3n) is 3.28. The van der Waals surface area contributed by atoms with Gasteiger partial charge >= 0.3 is 11.9 Å². The molecule has 0 spiro atoms. The van der Waals surface area contributed by atoms with Crippen molar-refractivity contribution in [3.05, 3.63) is 0 Å². The Hall–Kier alpha value is -1.44. The van der Waals surface area contributed by atoms with Gasteiger partial charge in [0, 0.05) is 5.75 Å². The third kappa shape index (κ3) is 12.1. The Morgan fingerprint density at radius 2 is 1.29 bits per heavy atom. The van der Waals surface area contributed by atoms with Gasteiger partial charge in [-0.1, -0.05) is 11.8 Å². The quantitative estimate of drug-likeness (QED) is 0.178. The van der Waals surface area contributed by atoms with Crippen LogP contribution in [0.1, 0.15) is 6.42 Å². The van der Waals surface area contributed by atoms with Crippen molar-refractivity contribution in [2.45, 2.75) is 18.6 Å². The van der Waals surface area contributed by atoms with Gasteiger partial charge in [0.15, 0.2) is 0 Å². The van der Waals surface area contributed by atoms with Crippen molar-refractivity contribution in [3.8, 4) is 0 Å². The predicted molar refractivity (Wildman–Crippen MR) is 101 cm³/mol. The molecule has 4 N–H and O–H groups in total. The highest BCUT2D eigenvalue weighted by molar-refractivity contribution is 8.13. The molecule has 0 aliphatic rings. The third-order valence-corrected chi connectivity index (χ3v) is 4.28. The average molecular weight is 426 g/mol. The summed E-state index contributed by atoms with van der Waals surface area (Å²) in [6.45, 7) is -2.79. The van der Waals surface area contributed by atoms with Gasteiger partial charge in [0.05, 0.1) is 26.4 Å². The molecular formula is C16H30N2O9S. The molecule has 0 aromatic carbocycles. The zero-order valence-corrected chi connectivity index (χ0v) is 17.0. The van der Waals surface area contributed by atoms with Crippen LogP contribution in [0.3, 0.4) is 0 Å². The molecule has 1 amide bonds. The molecule has 164 valence electrons. The maximum Gasteiger partial charge on any atom is 0.326 e. The van der Waals surface area contributed by atoms with Crippen LogP contribution in [0.15, 0.2) is 0 Å². The molecule has 0 radical (unpaired) electrons. The van der Waals surface area contributed by atoms with E-state index in [2.05, 4.69) is 0 Å². The number of aliphatic hydroxyl groups excluding tert-OH is 4. The van der Waals surface area contributed by atoms with Gasteiger partial charge in [-0.2, -0.15) is 0 Å². The Kier molecular flexibility index (Phi) is 14.7. The van der Waals surface area contributed by atoms with Crippen molar-refractivity contribution >= 4 is 28.9 Å². The van der Waals surface area contributed by atoms with E-state index in [-0.39, 0.29) is 0 Å². The second kappa shape index (κ2) is 15.5. The summed E-state index contributed by atoms with van der Waals surface area (Å²) in [6.07, 6.45) is -1.55. The lowest BCUT2D eigenvalue weighted by Crippen LogP contribution is -2.41. The average Bonchev–Trinajstić information content (AvgIpc) is 2.66. The van der Waals surface area contributed by atoms with Crippen LogP contribution in [0.5, 0.6) is 0 Å². The highest BCUT2D eigenvalue weighted by atomic mass is 32.2. The van der Waals surface area contributed by atoms with E-state index in [1.54, 1.807) is 0 Å². The standard InChI is InChI=1S/C16H30N2O9S/c1-17(2)4-3-5-28-16(25)18(6-14(23)26-12(8-19)9-20)7-15(24)27-13(10-21)11-22/h12-13,19-22H,3-11H2,1-2H3. The van der Waals surface area contributed by atoms with Crippen LogP contribution in [-0.2, 0) is 19.1 Å². The monoisotopic (exact) mass is 426 g/mol. The van der Waals surface area contributed by atoms with Crippen LogP contribution in [0.2, 0.25) is 0 Å². The summed E-state index contributed by atoms with van der Waals surface area (Å²) in [5.41, 5.74) is 0. The van der Waals surface area contributed by atoms with Gasteiger partial charge in [-0.25, -0.2) is 0 Å². The number of nitrogens with zero attached hydrogens (tertiary/aromatic N) is 2. The highest BCUT2D eigenvalue weighted by Gasteiger charge is 2.25.